The summed E-state index contributed by atoms with van der Waals surface area (Å²) in [5.74, 6) is 0. The smallest absolute Gasteiger partial charge is 0.129 e. The van der Waals surface area contributed by atoms with Crippen molar-refractivity contribution in [2.75, 3.05) is 0 Å². The van der Waals surface area contributed by atoms with E-state index < -0.39 is 39.2 Å². The van der Waals surface area contributed by atoms with Crippen LogP contribution in [0.5, 0.6) is 0 Å². The molecule has 3 nitrogen and oxygen atoms in total. The predicted molar refractivity (Wildman–Crippen MR) is 282 cm³/mol. The number of aryl methyl sites for hydroxylation is 5. The van der Waals surface area contributed by atoms with Crippen LogP contribution in [-0.4, -0.2) is 9.97 Å². The fourth-order valence-corrected chi connectivity index (χ4v) is 8.70. The fourth-order valence-electron chi connectivity index (χ4n) is 8.70. The Balaban J connectivity index is 0.000000230. The maximum atomic E-state index is 8.51. The number of pyridine rings is 2. The van der Waals surface area contributed by atoms with Gasteiger partial charge in [0, 0.05) is 62.5 Å². The summed E-state index contributed by atoms with van der Waals surface area (Å²) in [6.07, 6.45) is 1.29. The van der Waals surface area contributed by atoms with Crippen LogP contribution in [0.4, 0.5) is 0 Å². The normalized spacial score (nSPS) is 15.5. The fraction of sp³-hybridized carbons (Fsp3) is 0.156. The van der Waals surface area contributed by atoms with Gasteiger partial charge in [-0.25, -0.2) is 0 Å². The van der Waals surface area contributed by atoms with Gasteiger partial charge in [-0.3, -0.25) is 0 Å². The number of rotatable bonds is 6. The molecule has 337 valence electrons. The molecule has 0 aliphatic carbocycles. The van der Waals surface area contributed by atoms with E-state index in [0.717, 1.165) is 43.4 Å². The molecule has 0 atom stereocenters. The zero-order valence-electron chi connectivity index (χ0n) is 51.8. The number of hydrogen-bond acceptors (Lipinski definition) is 3. The quantitative estimate of drug-likeness (QED) is 0.123. The second-order valence-electron chi connectivity index (χ2n) is 17.8. The van der Waals surface area contributed by atoms with Gasteiger partial charge in [0.05, 0.1) is 5.58 Å². The van der Waals surface area contributed by atoms with Gasteiger partial charge in [-0.1, -0.05) is 183 Å². The number of hydrogen-bond donors (Lipinski definition) is 0. The third-order valence-corrected chi connectivity index (χ3v) is 11.9. The van der Waals surface area contributed by atoms with E-state index in [1.54, 1.807) is 73.8 Å². The molecule has 4 heteroatoms. The van der Waals surface area contributed by atoms with Gasteiger partial charge in [-0.15, -0.1) is 47.5 Å². The number of nitrogens with zero attached hydrogens (tertiary/aromatic N) is 2. The van der Waals surface area contributed by atoms with E-state index in [4.69, 9.17) is 23.6 Å². The average molecular weight is 1070 g/mol. The molecule has 0 saturated heterocycles. The van der Waals surface area contributed by atoms with Crippen molar-refractivity contribution in [3.8, 4) is 55.9 Å². The first kappa shape index (κ1) is 31.9. The van der Waals surface area contributed by atoms with Crippen molar-refractivity contribution in [2.24, 2.45) is 5.41 Å². The standard InChI is InChI=1S/C41H30NO.C23H24N.Ir/c1-24-12-17-31(25(2)20-24)30-16-18-32(26(3)21-30)37-22-38(42-23-27(37)4)36-11-7-10-34-35-19-15-29-14-13-28-8-5-6-9-33(28)39(29)41(35)43-40(34)36;1-17-10-12-20(14-21(17)19-8-6-5-7-9-19)22-13-11-18(16-24-22)15-23(2,3)4;/h5-10,12-23H,1-4H3;5-11,13-14,16H,15H2,1-4H3;/q2*-1;/i2D3,3D3,4D3;1D3,15D2;. The summed E-state index contributed by atoms with van der Waals surface area (Å²) >= 11 is 0. The van der Waals surface area contributed by atoms with Gasteiger partial charge in [-0.05, 0) is 117 Å². The van der Waals surface area contributed by atoms with E-state index in [9.17, 15) is 0 Å². The Labute approximate surface area is 434 Å². The molecule has 0 fully saturated rings. The van der Waals surface area contributed by atoms with E-state index >= 15 is 0 Å². The Morgan fingerprint density at radius 2 is 1.29 bits per heavy atom. The molecule has 0 N–H and O–H groups in total. The first-order valence-electron chi connectivity index (χ1n) is 29.0. The van der Waals surface area contributed by atoms with Crippen molar-refractivity contribution in [3.05, 3.63) is 216 Å². The minimum absolute atomic E-state index is 0. The second kappa shape index (κ2) is 19.0. The number of fused-ring (bicyclic) bond motifs is 7. The van der Waals surface area contributed by atoms with Gasteiger partial charge in [0.15, 0.2) is 0 Å². The maximum absolute atomic E-state index is 8.51. The molecule has 11 aromatic rings. The molecule has 0 bridgehead atoms. The summed E-state index contributed by atoms with van der Waals surface area (Å²) in [5.41, 5.74) is 6.70. The molecular weight excluding hydrogens is 1000 g/mol. The van der Waals surface area contributed by atoms with E-state index in [2.05, 4.69) is 52.4 Å². The summed E-state index contributed by atoms with van der Waals surface area (Å²) in [5, 5.41) is 5.86. The molecule has 8 aromatic carbocycles. The first-order chi connectivity index (χ1) is 38.0. The van der Waals surface area contributed by atoms with Crippen LogP contribution in [0, 0.1) is 51.9 Å². The van der Waals surface area contributed by atoms with Crippen LogP contribution in [0.3, 0.4) is 0 Å². The maximum Gasteiger partial charge on any atom is 0.129 e. The predicted octanol–water partition coefficient (Wildman–Crippen LogP) is 17.4. The zero-order chi connectivity index (χ0) is 58.2. The van der Waals surface area contributed by atoms with Crippen LogP contribution in [0.25, 0.3) is 99.4 Å². The Morgan fingerprint density at radius 3 is 2.09 bits per heavy atom. The molecule has 0 unspecified atom stereocenters. The van der Waals surface area contributed by atoms with Gasteiger partial charge >= 0.3 is 0 Å². The van der Waals surface area contributed by atoms with E-state index in [0.29, 0.717) is 55.9 Å². The van der Waals surface area contributed by atoms with Gasteiger partial charge < -0.3 is 14.4 Å². The third-order valence-electron chi connectivity index (χ3n) is 11.9. The van der Waals surface area contributed by atoms with Crippen LogP contribution in [0.1, 0.15) is 73.3 Å². The van der Waals surface area contributed by atoms with Crippen molar-refractivity contribution in [3.63, 3.8) is 0 Å². The van der Waals surface area contributed by atoms with Crippen LogP contribution >= 0.6 is 0 Å². The summed E-state index contributed by atoms with van der Waals surface area (Å²) < 4.78 is 122. The minimum Gasteiger partial charge on any atom is -0.500 e. The molecule has 68 heavy (non-hydrogen) atoms. The monoisotopic (exact) mass is 1070 g/mol. The largest absolute Gasteiger partial charge is 0.500 e. The summed E-state index contributed by atoms with van der Waals surface area (Å²) in [4.78, 5) is 9.03. The van der Waals surface area contributed by atoms with Crippen molar-refractivity contribution in [1.82, 2.24) is 9.97 Å². The SMILES string of the molecule is [2H]C([2H])([2H])c1c[c-]c(-c2ccc(C([2H])([2H])C(C)(C)C)cn2)cc1-c1ccccc1.[2H]C([2H])([2H])c1cc(C)ccc1-c1ccc(-c2cc(-c3[c-]ccc4c3oc3c4ccc4ccc5ccccc5c43)ncc2C([2H])([2H])[2H])c(C([2H])([2H])[2H])c1.[Ir]. The number of furan rings is 1. The molecule has 3 heterocycles. The summed E-state index contributed by atoms with van der Waals surface area (Å²) in [6, 6.07) is 53.7. The summed E-state index contributed by atoms with van der Waals surface area (Å²) in [6.45, 7) is -2.65. The molecular formula is C64H54IrN2O-2. The molecule has 0 spiro atoms. The van der Waals surface area contributed by atoms with E-state index in [1.807, 2.05) is 75.4 Å². The summed E-state index contributed by atoms with van der Waals surface area (Å²) in [7, 11) is 0. The molecule has 11 rings (SSSR count). The van der Waals surface area contributed by atoms with E-state index in [-0.39, 0.29) is 53.5 Å². The van der Waals surface area contributed by atoms with Crippen molar-refractivity contribution >= 4 is 43.5 Å². The van der Waals surface area contributed by atoms with Gasteiger partial charge in [-0.2, -0.15) is 0 Å². The van der Waals surface area contributed by atoms with Gasteiger partial charge in [0.2, 0.25) is 0 Å². The molecule has 0 aliphatic heterocycles. The molecule has 0 amide bonds. The van der Waals surface area contributed by atoms with Crippen LogP contribution < -0.4 is 0 Å². The molecule has 3 aromatic heterocycles. The Hall–Kier alpha value is -6.97. The zero-order valence-corrected chi connectivity index (χ0v) is 40.2. The average Bonchev–Trinajstić information content (AvgIpc) is 3.68. The van der Waals surface area contributed by atoms with Crippen molar-refractivity contribution in [2.45, 2.75) is 61.5 Å². The number of aromatic nitrogens is 2. The molecule has 0 saturated carbocycles. The number of benzene rings is 8. The first-order valence-corrected chi connectivity index (χ1v) is 22.0. The Bertz CT molecular complexity index is 4190. The topological polar surface area (TPSA) is 38.9 Å². The van der Waals surface area contributed by atoms with Crippen LogP contribution in [-0.2, 0) is 26.5 Å². The van der Waals surface area contributed by atoms with E-state index in [1.165, 1.54) is 18.3 Å². The molecule has 1 radical (unpaired) electrons. The van der Waals surface area contributed by atoms with Crippen LogP contribution in [0.15, 0.2) is 175 Å². The molecule has 0 aliphatic rings. The van der Waals surface area contributed by atoms with Crippen molar-refractivity contribution < 1.29 is 43.7 Å². The Kier molecular flexibility index (Phi) is 8.90. The third kappa shape index (κ3) is 9.20. The van der Waals surface area contributed by atoms with Crippen molar-refractivity contribution in [1.29, 1.82) is 0 Å². The second-order valence-corrected chi connectivity index (χ2v) is 17.8. The Morgan fingerprint density at radius 1 is 0.559 bits per heavy atom. The van der Waals surface area contributed by atoms with Crippen LogP contribution in [0.2, 0.25) is 0 Å². The van der Waals surface area contributed by atoms with Gasteiger partial charge in [0.25, 0.3) is 0 Å². The van der Waals surface area contributed by atoms with Gasteiger partial charge in [0.1, 0.15) is 5.58 Å². The minimum atomic E-state index is -2.68.